The van der Waals surface area contributed by atoms with Crippen molar-refractivity contribution >= 4 is 30.0 Å². The van der Waals surface area contributed by atoms with Gasteiger partial charge in [0.05, 0.1) is 43.6 Å². The third-order valence-corrected chi connectivity index (χ3v) is 4.32. The van der Waals surface area contributed by atoms with E-state index in [0.29, 0.717) is 25.4 Å². The Morgan fingerprint density at radius 1 is 1.55 bits per heavy atom. The largest absolute Gasteiger partial charge is 0.383 e. The molecule has 0 radical (unpaired) electrons. The van der Waals surface area contributed by atoms with E-state index >= 15 is 0 Å². The van der Waals surface area contributed by atoms with Crippen LogP contribution in [0.1, 0.15) is 11.6 Å². The van der Waals surface area contributed by atoms with Gasteiger partial charge in [0.2, 0.25) is 0 Å². The summed E-state index contributed by atoms with van der Waals surface area (Å²) in [5.74, 6) is -1.80. The standard InChI is InChI=1S/C18H21FN8O2/c1-29-5-4-27-10-23-9-14(27)12-2-3-22-8-13(12)26-18(28)15(16(20)21)17-24-6-11(19)7-25-17/h2-3,6-8,10,14,24H,4-5,9H2,1H3,(H3,20,21)(H,26,28)/b17-15+. The van der Waals surface area contributed by atoms with Crippen LogP contribution < -0.4 is 16.4 Å². The van der Waals surface area contributed by atoms with Crippen molar-refractivity contribution in [1.82, 2.24) is 15.2 Å². The van der Waals surface area contributed by atoms with Crippen molar-refractivity contribution in [1.29, 1.82) is 5.41 Å². The molecular weight excluding hydrogens is 379 g/mol. The number of nitrogens with one attached hydrogen (secondary N) is 3. The Morgan fingerprint density at radius 3 is 3.07 bits per heavy atom. The molecule has 3 rings (SSSR count). The maximum Gasteiger partial charge on any atom is 0.263 e. The lowest BCUT2D eigenvalue weighted by molar-refractivity contribution is -0.112. The number of hydrogen-bond donors (Lipinski definition) is 4. The summed E-state index contributed by atoms with van der Waals surface area (Å²) in [4.78, 5) is 27.1. The van der Waals surface area contributed by atoms with Crippen molar-refractivity contribution in [2.24, 2.45) is 15.7 Å². The van der Waals surface area contributed by atoms with Crippen molar-refractivity contribution in [3.63, 3.8) is 0 Å². The molecule has 29 heavy (non-hydrogen) atoms. The Hall–Kier alpha value is -3.60. The molecule has 0 bridgehead atoms. The number of amidine groups is 1. The second kappa shape index (κ2) is 9.06. The van der Waals surface area contributed by atoms with Crippen LogP contribution in [0, 0.1) is 5.41 Å². The van der Waals surface area contributed by atoms with Gasteiger partial charge in [0.1, 0.15) is 17.2 Å². The van der Waals surface area contributed by atoms with E-state index in [1.807, 2.05) is 4.90 Å². The van der Waals surface area contributed by atoms with Gasteiger partial charge in [0.15, 0.2) is 5.83 Å². The molecule has 1 atom stereocenters. The van der Waals surface area contributed by atoms with E-state index in [4.69, 9.17) is 15.9 Å². The lowest BCUT2D eigenvalue weighted by Crippen LogP contribution is -2.31. The average molecular weight is 400 g/mol. The maximum atomic E-state index is 13.1. The lowest BCUT2D eigenvalue weighted by Gasteiger charge is -2.26. The van der Waals surface area contributed by atoms with Crippen LogP contribution in [0.25, 0.3) is 0 Å². The Bertz CT molecular complexity index is 924. The van der Waals surface area contributed by atoms with Crippen LogP contribution >= 0.6 is 0 Å². The van der Waals surface area contributed by atoms with Crippen molar-refractivity contribution in [2.75, 3.05) is 32.1 Å². The van der Waals surface area contributed by atoms with Gasteiger partial charge in [-0.3, -0.25) is 20.2 Å². The number of nitrogens with two attached hydrogens (primary N) is 1. The minimum Gasteiger partial charge on any atom is -0.383 e. The van der Waals surface area contributed by atoms with E-state index in [1.54, 1.807) is 25.7 Å². The third-order valence-electron chi connectivity index (χ3n) is 4.32. The van der Waals surface area contributed by atoms with Crippen LogP contribution in [0.15, 0.2) is 51.9 Å². The molecule has 1 amide bonds. The molecular formula is C18H21FN8O2. The van der Waals surface area contributed by atoms with E-state index in [-0.39, 0.29) is 17.4 Å². The molecule has 2 aliphatic heterocycles. The first kappa shape index (κ1) is 20.1. The number of carbonyl (C=O) groups is 1. The number of anilines is 1. The summed E-state index contributed by atoms with van der Waals surface area (Å²) in [5, 5.41) is 13.0. The minimum atomic E-state index is -0.663. The van der Waals surface area contributed by atoms with Crippen LogP contribution in [-0.2, 0) is 9.53 Å². The summed E-state index contributed by atoms with van der Waals surface area (Å²) in [5.41, 5.74) is 6.62. The first-order valence-electron chi connectivity index (χ1n) is 8.76. The molecule has 10 nitrogen and oxygen atoms in total. The van der Waals surface area contributed by atoms with Crippen molar-refractivity contribution in [2.45, 2.75) is 6.04 Å². The SMILES string of the molecule is COCCN1C=NCC1c1ccncc1NC(=O)/C(C(=N)N)=C1/N=CC(F)=CN1. The van der Waals surface area contributed by atoms with Gasteiger partial charge in [-0.25, -0.2) is 9.38 Å². The van der Waals surface area contributed by atoms with Gasteiger partial charge in [-0.15, -0.1) is 0 Å². The minimum absolute atomic E-state index is 0.0206. The number of rotatable bonds is 7. The number of pyridine rings is 1. The smallest absolute Gasteiger partial charge is 0.263 e. The molecule has 0 saturated carbocycles. The quantitative estimate of drug-likeness (QED) is 0.301. The molecule has 1 aromatic heterocycles. The van der Waals surface area contributed by atoms with Gasteiger partial charge in [-0.2, -0.15) is 0 Å². The fourth-order valence-electron chi connectivity index (χ4n) is 2.94. The number of methoxy groups -OCH3 is 1. The number of carbonyl (C=O) groups excluding carboxylic acids is 1. The normalized spacial score (nSPS) is 19.6. The number of aromatic nitrogens is 1. The summed E-state index contributed by atoms with van der Waals surface area (Å²) in [6, 6.07) is 1.70. The predicted octanol–water partition coefficient (Wildman–Crippen LogP) is 0.684. The third kappa shape index (κ3) is 4.63. The van der Waals surface area contributed by atoms with Gasteiger partial charge >= 0.3 is 0 Å². The monoisotopic (exact) mass is 400 g/mol. The number of allylic oxidation sites excluding steroid dienone is 1. The molecule has 0 fully saturated rings. The summed E-state index contributed by atoms with van der Waals surface area (Å²) in [6.07, 6.45) is 6.85. The maximum absolute atomic E-state index is 13.1. The molecule has 2 aliphatic rings. The van der Waals surface area contributed by atoms with Crippen LogP contribution in [0.5, 0.6) is 0 Å². The fraction of sp³-hybridized carbons (Fsp3) is 0.278. The van der Waals surface area contributed by atoms with E-state index < -0.39 is 17.6 Å². The number of halogens is 1. The van der Waals surface area contributed by atoms with E-state index in [1.165, 1.54) is 6.20 Å². The molecule has 3 heterocycles. The second-order valence-electron chi connectivity index (χ2n) is 6.21. The molecule has 1 aromatic rings. The highest BCUT2D eigenvalue weighted by Gasteiger charge is 2.26. The molecule has 11 heteroatoms. The number of aliphatic imine (C=N–C) groups is 2. The van der Waals surface area contributed by atoms with E-state index in [0.717, 1.165) is 18.0 Å². The first-order chi connectivity index (χ1) is 14.0. The lowest BCUT2D eigenvalue weighted by atomic mass is 10.1. The summed E-state index contributed by atoms with van der Waals surface area (Å²) >= 11 is 0. The Balaban J connectivity index is 1.85. The topological polar surface area (TPSA) is 141 Å². The average Bonchev–Trinajstić information content (AvgIpc) is 3.16. The molecule has 0 spiro atoms. The number of ether oxygens (including phenoxy) is 1. The van der Waals surface area contributed by atoms with Gasteiger partial charge in [0, 0.05) is 31.6 Å². The van der Waals surface area contributed by atoms with Gasteiger partial charge in [-0.05, 0) is 6.07 Å². The van der Waals surface area contributed by atoms with Gasteiger partial charge in [-0.1, -0.05) is 0 Å². The Morgan fingerprint density at radius 2 is 2.38 bits per heavy atom. The molecule has 0 saturated heterocycles. The highest BCUT2D eigenvalue weighted by Crippen LogP contribution is 2.29. The van der Waals surface area contributed by atoms with Crippen molar-refractivity contribution in [3.05, 3.63) is 47.4 Å². The molecule has 1 unspecified atom stereocenters. The fourth-order valence-corrected chi connectivity index (χ4v) is 2.94. The number of nitrogens with zero attached hydrogens (tertiary/aromatic N) is 4. The predicted molar refractivity (Wildman–Crippen MR) is 107 cm³/mol. The van der Waals surface area contributed by atoms with Crippen LogP contribution in [0.4, 0.5) is 10.1 Å². The van der Waals surface area contributed by atoms with E-state index in [2.05, 4.69) is 25.6 Å². The molecule has 0 aromatic carbocycles. The van der Waals surface area contributed by atoms with Crippen LogP contribution in [0.3, 0.4) is 0 Å². The zero-order chi connectivity index (χ0) is 20.8. The van der Waals surface area contributed by atoms with Gasteiger partial charge in [0.25, 0.3) is 5.91 Å². The number of amides is 1. The highest BCUT2D eigenvalue weighted by atomic mass is 19.1. The van der Waals surface area contributed by atoms with Crippen LogP contribution in [0.2, 0.25) is 0 Å². The summed E-state index contributed by atoms with van der Waals surface area (Å²) < 4.78 is 18.3. The first-order valence-corrected chi connectivity index (χ1v) is 8.76. The molecule has 152 valence electrons. The zero-order valence-corrected chi connectivity index (χ0v) is 15.7. The summed E-state index contributed by atoms with van der Waals surface area (Å²) in [7, 11) is 1.62. The summed E-state index contributed by atoms with van der Waals surface area (Å²) in [6.45, 7) is 1.69. The number of hydrogen-bond acceptors (Lipinski definition) is 8. The zero-order valence-electron chi connectivity index (χ0n) is 15.7. The van der Waals surface area contributed by atoms with Gasteiger partial charge < -0.3 is 26.0 Å². The molecule has 0 aliphatic carbocycles. The highest BCUT2D eigenvalue weighted by molar-refractivity contribution is 6.24. The Labute approximate surface area is 166 Å². The van der Waals surface area contributed by atoms with Crippen molar-refractivity contribution in [3.8, 4) is 0 Å². The van der Waals surface area contributed by atoms with E-state index in [9.17, 15) is 9.18 Å². The molecule has 5 N–H and O–H groups in total. The Kier molecular flexibility index (Phi) is 6.29. The second-order valence-corrected chi connectivity index (χ2v) is 6.21. The van der Waals surface area contributed by atoms with Crippen LogP contribution in [-0.4, -0.2) is 61.0 Å². The van der Waals surface area contributed by atoms with Crippen molar-refractivity contribution < 1.29 is 13.9 Å².